The molecular formula is C56H93N13O13. The molecule has 0 aromatic heterocycles. The van der Waals surface area contributed by atoms with E-state index in [1.165, 1.54) is 16.7 Å². The predicted octanol–water partition coefficient (Wildman–Crippen LogP) is -1.37. The average molecular weight is 1160 g/mol. The largest absolute Gasteiger partial charge is 0.480 e. The molecule has 82 heavy (non-hydrogen) atoms. The molecule has 2 aliphatic heterocycles. The molecule has 0 unspecified atom stereocenters. The summed E-state index contributed by atoms with van der Waals surface area (Å²) in [5, 5.41) is 49.3. The third kappa shape index (κ3) is 20.5. The van der Waals surface area contributed by atoms with Crippen molar-refractivity contribution in [3.8, 4) is 0 Å². The highest BCUT2D eigenvalue weighted by Gasteiger charge is 2.45. The second kappa shape index (κ2) is 33.9. The first kappa shape index (κ1) is 69.3. The van der Waals surface area contributed by atoms with Gasteiger partial charge in [0.1, 0.15) is 60.4 Å². The monoisotopic (exact) mass is 1160 g/mol. The van der Waals surface area contributed by atoms with E-state index in [4.69, 9.17) is 17.2 Å². The van der Waals surface area contributed by atoms with E-state index in [-0.39, 0.29) is 76.0 Å². The summed E-state index contributed by atoms with van der Waals surface area (Å²) >= 11 is 0. The van der Waals surface area contributed by atoms with E-state index in [1.807, 2.05) is 20.8 Å². The topological polar surface area (TPSA) is 412 Å². The number of aliphatic hydroxyl groups excluding tert-OH is 2. The van der Waals surface area contributed by atoms with Crippen molar-refractivity contribution in [2.45, 2.75) is 199 Å². The number of carbonyl (C=O) groups excluding carboxylic acids is 9. The van der Waals surface area contributed by atoms with Crippen molar-refractivity contribution in [2.75, 3.05) is 26.2 Å². The van der Waals surface area contributed by atoms with E-state index < -0.39 is 144 Å². The number of nitrogens with zero attached hydrogens (tertiary/aromatic N) is 3. The maximum atomic E-state index is 14.5. The number of carboxylic acids is 1. The van der Waals surface area contributed by atoms with Crippen LogP contribution in [0.25, 0.3) is 0 Å². The van der Waals surface area contributed by atoms with Crippen molar-refractivity contribution < 1.29 is 63.3 Å². The fourth-order valence-corrected chi connectivity index (χ4v) is 9.85. The van der Waals surface area contributed by atoms with Gasteiger partial charge in [-0.1, -0.05) is 105 Å². The summed E-state index contributed by atoms with van der Waals surface area (Å²) in [5.74, 6) is -9.50. The molecular weight excluding hydrogens is 1060 g/mol. The van der Waals surface area contributed by atoms with Gasteiger partial charge in [-0.15, -0.1) is 0 Å². The van der Waals surface area contributed by atoms with Gasteiger partial charge in [-0.3, -0.25) is 48.1 Å². The number of aliphatic carboxylic acids is 1. The summed E-state index contributed by atoms with van der Waals surface area (Å²) in [5.41, 5.74) is 17.2. The highest BCUT2D eigenvalue weighted by atomic mass is 16.4. The minimum absolute atomic E-state index is 0.0212. The van der Waals surface area contributed by atoms with E-state index in [9.17, 15) is 63.3 Å². The molecule has 2 aliphatic rings. The van der Waals surface area contributed by atoms with Gasteiger partial charge in [-0.25, -0.2) is 4.79 Å². The lowest BCUT2D eigenvalue weighted by Gasteiger charge is -2.34. The quantitative estimate of drug-likeness (QED) is 0.0219. The second-order valence-electron chi connectivity index (χ2n) is 22.3. The van der Waals surface area contributed by atoms with Gasteiger partial charge in [-0.2, -0.15) is 0 Å². The number of aliphatic hydroxyl groups is 2. The number of hydrogen-bond acceptors (Lipinski definition) is 14. The van der Waals surface area contributed by atoms with Crippen LogP contribution in [0.3, 0.4) is 0 Å². The molecule has 16 N–H and O–H groups in total. The zero-order valence-corrected chi connectivity index (χ0v) is 49.2. The summed E-state index contributed by atoms with van der Waals surface area (Å²) in [6, 6.07) is -3.70. The van der Waals surface area contributed by atoms with Crippen LogP contribution in [0.15, 0.2) is 35.3 Å². The Balaban J connectivity index is 1.83. The summed E-state index contributed by atoms with van der Waals surface area (Å²) in [6.07, 6.45) is 1.26. The zero-order chi connectivity index (χ0) is 61.5. The van der Waals surface area contributed by atoms with Crippen LogP contribution in [-0.2, 0) is 54.4 Å². The molecule has 0 bridgehead atoms. The minimum Gasteiger partial charge on any atom is -0.480 e. The lowest BCUT2D eigenvalue weighted by Crippen LogP contribution is -2.62. The van der Waals surface area contributed by atoms with Gasteiger partial charge >= 0.3 is 5.97 Å². The lowest BCUT2D eigenvalue weighted by molar-refractivity contribution is -0.147. The second-order valence-corrected chi connectivity index (χ2v) is 22.3. The highest BCUT2D eigenvalue weighted by Crippen LogP contribution is 2.25. The number of carboxylic acid groups (broad SMARTS) is 1. The van der Waals surface area contributed by atoms with Crippen LogP contribution in [-0.4, -0.2) is 183 Å². The maximum absolute atomic E-state index is 14.5. The van der Waals surface area contributed by atoms with E-state index in [2.05, 4.69) is 42.2 Å². The number of amides is 9. The molecule has 1 aromatic carbocycles. The Morgan fingerprint density at radius 2 is 1.06 bits per heavy atom. The average Bonchev–Trinajstić information content (AvgIpc) is 4.22. The SMILES string of the molecule is CC[C@H](C)[C@H](NC(=O)[C@H](CC(C)C)NC(=O)[C@@H](NC(=O)[C@@H]1CCCN1C(=O)[C@@H](NC(=O)[C@@H]1CCCN1C(=O)[C@@H](NC(=O)[C@@H](N)CO)[C@@H](C)CC)[C@@H](C)O)[C@@H](C)CC)C(=O)N[C@@H](Cc1ccccc1)C(=O)N[C@@H](CCCN=C(N)N)C(=O)O. The molecule has 0 saturated carbocycles. The molecule has 9 amide bonds. The number of carbonyl (C=O) groups is 10. The van der Waals surface area contributed by atoms with Crippen LogP contribution in [0.1, 0.15) is 132 Å². The maximum Gasteiger partial charge on any atom is 0.326 e. The van der Waals surface area contributed by atoms with E-state index in [0.29, 0.717) is 37.7 Å². The number of nitrogens with one attached hydrogen (secondary N) is 7. The Bertz CT molecular complexity index is 2360. The molecule has 14 atom stereocenters. The van der Waals surface area contributed by atoms with Crippen molar-refractivity contribution in [1.29, 1.82) is 0 Å². The molecule has 0 radical (unpaired) electrons. The molecule has 460 valence electrons. The van der Waals surface area contributed by atoms with Crippen molar-refractivity contribution in [3.05, 3.63) is 35.9 Å². The standard InChI is InChI=1S/C56H93N13O13/c1-10-31(6)42(51(77)63-39(28-35-19-14-13-15-20-35)47(73)61-37(55(81)82)21-16-24-60-56(58)59)64-48(74)38(27-30(4)5)62-52(78)43(32(7)11-2)65-49(75)40-22-18-26-69(40)54(80)45(34(9)71)67-50(76)41-23-17-25-68(41)53(79)44(33(8)12-3)66-46(72)36(57)29-70/h13-15,19-20,30-34,36-45,70-71H,10-12,16-18,21-29,57H2,1-9H3,(H,61,73)(H,62,78)(H,63,77)(H,64,74)(H,65,75)(H,66,72)(H,67,76)(H,81,82)(H4,58,59,60)/t31-,32-,33-,34+,36-,37-,38-,39-,40-,41-,42-,43-,44-,45-/m0/s1. The molecule has 2 heterocycles. The van der Waals surface area contributed by atoms with Crippen molar-refractivity contribution in [1.82, 2.24) is 47.0 Å². The Labute approximate surface area is 481 Å². The fourth-order valence-electron chi connectivity index (χ4n) is 9.85. The lowest BCUT2D eigenvalue weighted by atomic mass is 9.94. The molecule has 2 saturated heterocycles. The summed E-state index contributed by atoms with van der Waals surface area (Å²) < 4.78 is 0. The number of likely N-dealkylation sites (tertiary alicyclic amines) is 2. The highest BCUT2D eigenvalue weighted by molar-refractivity contribution is 5.99. The van der Waals surface area contributed by atoms with Crippen LogP contribution in [0.2, 0.25) is 0 Å². The summed E-state index contributed by atoms with van der Waals surface area (Å²) in [6.45, 7) is 15.3. The normalized spacial score (nSPS) is 19.5. The van der Waals surface area contributed by atoms with Crippen LogP contribution >= 0.6 is 0 Å². The van der Waals surface area contributed by atoms with Crippen molar-refractivity contribution >= 4 is 65.1 Å². The van der Waals surface area contributed by atoms with Gasteiger partial charge in [0, 0.05) is 26.1 Å². The molecule has 1 aromatic rings. The fraction of sp³-hybridized carbons (Fsp3) is 0.696. The first-order chi connectivity index (χ1) is 38.7. The summed E-state index contributed by atoms with van der Waals surface area (Å²) in [4.78, 5) is 145. The van der Waals surface area contributed by atoms with Crippen molar-refractivity contribution in [2.24, 2.45) is 45.9 Å². The number of nitrogens with two attached hydrogens (primary N) is 3. The number of guanidine groups is 1. The number of aliphatic imine (C=N–C) groups is 1. The Morgan fingerprint density at radius 1 is 0.610 bits per heavy atom. The van der Waals surface area contributed by atoms with E-state index in [0.717, 1.165) is 0 Å². The molecule has 26 heteroatoms. The summed E-state index contributed by atoms with van der Waals surface area (Å²) in [7, 11) is 0. The number of rotatable bonds is 33. The first-order valence-corrected chi connectivity index (χ1v) is 28.8. The molecule has 0 aliphatic carbocycles. The first-order valence-electron chi connectivity index (χ1n) is 28.8. The zero-order valence-electron chi connectivity index (χ0n) is 49.2. The van der Waals surface area contributed by atoms with Crippen LogP contribution in [0.5, 0.6) is 0 Å². The Morgan fingerprint density at radius 3 is 1.54 bits per heavy atom. The van der Waals surface area contributed by atoms with E-state index in [1.54, 1.807) is 65.0 Å². The molecule has 3 rings (SSSR count). The Kier molecular flexibility index (Phi) is 28.6. The van der Waals surface area contributed by atoms with Gasteiger partial charge in [-0.05, 0) is 81.1 Å². The molecule has 26 nitrogen and oxygen atoms in total. The third-order valence-electron chi connectivity index (χ3n) is 15.4. The van der Waals surface area contributed by atoms with Gasteiger partial charge in [0.15, 0.2) is 5.96 Å². The minimum atomic E-state index is -1.55. The van der Waals surface area contributed by atoms with Crippen LogP contribution in [0, 0.1) is 23.7 Å². The number of benzene rings is 1. The van der Waals surface area contributed by atoms with Crippen LogP contribution < -0.4 is 54.4 Å². The Hall–Kier alpha value is -6.93. The van der Waals surface area contributed by atoms with E-state index >= 15 is 0 Å². The van der Waals surface area contributed by atoms with Crippen LogP contribution in [0.4, 0.5) is 0 Å². The number of hydrogen-bond donors (Lipinski definition) is 13. The third-order valence-corrected chi connectivity index (χ3v) is 15.4. The smallest absolute Gasteiger partial charge is 0.326 e. The molecule has 2 fully saturated rings. The van der Waals surface area contributed by atoms with Gasteiger partial charge in [0.05, 0.1) is 12.7 Å². The van der Waals surface area contributed by atoms with Gasteiger partial charge in [0.2, 0.25) is 53.2 Å². The van der Waals surface area contributed by atoms with Crippen molar-refractivity contribution in [3.63, 3.8) is 0 Å². The molecule has 0 spiro atoms. The predicted molar refractivity (Wildman–Crippen MR) is 305 cm³/mol. The van der Waals surface area contributed by atoms with Gasteiger partial charge in [0.25, 0.3) is 0 Å². The van der Waals surface area contributed by atoms with Gasteiger partial charge < -0.3 is 79.5 Å².